The van der Waals surface area contributed by atoms with Gasteiger partial charge in [0, 0.05) is 12.1 Å². The van der Waals surface area contributed by atoms with Crippen molar-refractivity contribution in [1.82, 2.24) is 10.7 Å². The van der Waals surface area contributed by atoms with E-state index in [9.17, 15) is 14.0 Å². The van der Waals surface area contributed by atoms with Gasteiger partial charge in [-0.2, -0.15) is 0 Å². The highest BCUT2D eigenvalue weighted by Gasteiger charge is 2.25. The number of aliphatic imine (C=N–C) groups is 1. The molecule has 2 aliphatic rings. The van der Waals surface area contributed by atoms with Crippen LogP contribution in [0.2, 0.25) is 0 Å². The third kappa shape index (κ3) is 4.25. The Labute approximate surface area is 172 Å². The van der Waals surface area contributed by atoms with Crippen molar-refractivity contribution in [2.45, 2.75) is 20.0 Å². The maximum Gasteiger partial charge on any atom is 0.288 e. The van der Waals surface area contributed by atoms with Crippen molar-refractivity contribution in [1.29, 1.82) is 0 Å². The molecular formula is C21H21FN4O4. The number of carbonyl (C=O) groups is 2. The number of amidine groups is 1. The van der Waals surface area contributed by atoms with E-state index in [-0.39, 0.29) is 44.0 Å². The number of ether oxygens (including phenoxy) is 2. The van der Waals surface area contributed by atoms with E-state index in [2.05, 4.69) is 15.7 Å². The highest BCUT2D eigenvalue weighted by molar-refractivity contribution is 6.39. The van der Waals surface area contributed by atoms with Gasteiger partial charge < -0.3 is 14.8 Å². The topological polar surface area (TPSA) is 92.3 Å². The van der Waals surface area contributed by atoms with Gasteiger partial charge >= 0.3 is 0 Å². The second kappa shape index (κ2) is 8.50. The zero-order valence-corrected chi connectivity index (χ0v) is 16.4. The molecule has 0 unspecified atom stereocenters. The second-order valence-electron chi connectivity index (χ2n) is 7.01. The average Bonchev–Trinajstić information content (AvgIpc) is 2.74. The monoisotopic (exact) mass is 412 g/mol. The van der Waals surface area contributed by atoms with Gasteiger partial charge in [-0.3, -0.25) is 20.0 Å². The molecular weight excluding hydrogens is 391 g/mol. The van der Waals surface area contributed by atoms with E-state index in [0.717, 1.165) is 5.56 Å². The standard InChI is InChI=1S/C21H21FN4O4/c1-13-2-4-17(5-3-13)26-18(27)10-24-20(25-26)21(28)23-7-6-14-8-16(22)9-15-11-29-12-30-19(14)15/h2-5,8-9H,6-7,10-12H2,1H3,(H,23,28)(H,24,25). The SMILES string of the molecule is Cc1ccc(N2NC(C(=O)NCCc3cc(F)cc4c3OCOC4)=NCC2=O)cc1. The van der Waals surface area contributed by atoms with E-state index in [1.54, 1.807) is 12.1 Å². The predicted octanol–water partition coefficient (Wildman–Crippen LogP) is 1.61. The van der Waals surface area contributed by atoms with Crippen molar-refractivity contribution in [2.24, 2.45) is 4.99 Å². The molecule has 0 aromatic heterocycles. The molecule has 0 saturated heterocycles. The number of benzene rings is 2. The molecule has 2 N–H and O–H groups in total. The van der Waals surface area contributed by atoms with Gasteiger partial charge in [-0.1, -0.05) is 17.7 Å². The molecule has 0 radical (unpaired) electrons. The van der Waals surface area contributed by atoms with Gasteiger partial charge in [-0.25, -0.2) is 9.40 Å². The predicted molar refractivity (Wildman–Crippen MR) is 108 cm³/mol. The third-order valence-corrected chi connectivity index (χ3v) is 4.78. The average molecular weight is 412 g/mol. The first-order chi connectivity index (χ1) is 14.5. The number of halogens is 1. The highest BCUT2D eigenvalue weighted by Crippen LogP contribution is 2.29. The molecule has 156 valence electrons. The smallest absolute Gasteiger partial charge is 0.288 e. The van der Waals surface area contributed by atoms with E-state index in [4.69, 9.17) is 9.47 Å². The minimum Gasteiger partial charge on any atom is -0.467 e. The Kier molecular flexibility index (Phi) is 5.62. The minimum absolute atomic E-state index is 0.0427. The molecule has 9 heteroatoms. The molecule has 2 aromatic carbocycles. The summed E-state index contributed by atoms with van der Waals surface area (Å²) in [5.74, 6) is -0.452. The number of amides is 2. The first-order valence-corrected chi connectivity index (χ1v) is 9.52. The number of nitrogens with zero attached hydrogens (tertiary/aromatic N) is 2. The molecule has 2 aliphatic heterocycles. The van der Waals surface area contributed by atoms with Crippen LogP contribution < -0.4 is 20.5 Å². The van der Waals surface area contributed by atoms with E-state index >= 15 is 0 Å². The molecule has 0 bridgehead atoms. The number of nitrogens with one attached hydrogen (secondary N) is 2. The van der Waals surface area contributed by atoms with Gasteiger partial charge in [0.15, 0.2) is 6.79 Å². The van der Waals surface area contributed by atoms with Gasteiger partial charge in [0.05, 0.1) is 12.3 Å². The molecule has 4 rings (SSSR count). The fraction of sp³-hybridized carbons (Fsp3) is 0.286. The summed E-state index contributed by atoms with van der Waals surface area (Å²) in [6.07, 6.45) is 0.375. The van der Waals surface area contributed by atoms with Crippen LogP contribution in [-0.4, -0.2) is 37.5 Å². The molecule has 0 spiro atoms. The quantitative estimate of drug-likeness (QED) is 0.779. The van der Waals surface area contributed by atoms with Crippen LogP contribution in [0.4, 0.5) is 10.1 Å². The molecule has 30 heavy (non-hydrogen) atoms. The van der Waals surface area contributed by atoms with Crippen LogP contribution >= 0.6 is 0 Å². The molecule has 0 atom stereocenters. The Morgan fingerprint density at radius 1 is 1.30 bits per heavy atom. The van der Waals surface area contributed by atoms with Crippen molar-refractivity contribution < 1.29 is 23.5 Å². The first kappa shape index (κ1) is 19.8. The Hall–Kier alpha value is -3.46. The summed E-state index contributed by atoms with van der Waals surface area (Å²) in [5, 5.41) is 4.05. The van der Waals surface area contributed by atoms with Crippen LogP contribution in [0.1, 0.15) is 16.7 Å². The van der Waals surface area contributed by atoms with Crippen molar-refractivity contribution in [3.63, 3.8) is 0 Å². The second-order valence-corrected chi connectivity index (χ2v) is 7.01. The fourth-order valence-electron chi connectivity index (χ4n) is 3.28. The molecule has 0 saturated carbocycles. The normalized spacial score (nSPS) is 15.6. The Morgan fingerprint density at radius 3 is 2.90 bits per heavy atom. The molecule has 2 heterocycles. The lowest BCUT2D eigenvalue weighted by molar-refractivity contribution is -0.118. The largest absolute Gasteiger partial charge is 0.467 e. The zero-order valence-electron chi connectivity index (χ0n) is 16.4. The van der Waals surface area contributed by atoms with Gasteiger partial charge in [-0.05, 0) is 43.2 Å². The van der Waals surface area contributed by atoms with Crippen LogP contribution in [-0.2, 0) is 27.4 Å². The summed E-state index contributed by atoms with van der Waals surface area (Å²) in [6.45, 7) is 2.47. The van der Waals surface area contributed by atoms with Crippen LogP contribution in [0.25, 0.3) is 0 Å². The lowest BCUT2D eigenvalue weighted by Gasteiger charge is -2.27. The Morgan fingerprint density at radius 2 is 2.10 bits per heavy atom. The highest BCUT2D eigenvalue weighted by atomic mass is 19.1. The summed E-state index contributed by atoms with van der Waals surface area (Å²) in [4.78, 5) is 28.7. The number of aryl methyl sites for hydroxylation is 1. The lowest BCUT2D eigenvalue weighted by atomic mass is 10.1. The molecule has 0 aliphatic carbocycles. The number of rotatable bonds is 5. The summed E-state index contributed by atoms with van der Waals surface area (Å²) in [6, 6.07) is 10.1. The minimum atomic E-state index is -0.450. The van der Waals surface area contributed by atoms with Gasteiger partial charge in [0.25, 0.3) is 11.8 Å². The van der Waals surface area contributed by atoms with Gasteiger partial charge in [0.2, 0.25) is 5.84 Å². The van der Waals surface area contributed by atoms with Crippen LogP contribution in [0, 0.1) is 12.7 Å². The van der Waals surface area contributed by atoms with Gasteiger partial charge in [0.1, 0.15) is 18.1 Å². The summed E-state index contributed by atoms with van der Waals surface area (Å²) < 4.78 is 24.5. The van der Waals surface area contributed by atoms with Crippen LogP contribution in [0.3, 0.4) is 0 Å². The summed E-state index contributed by atoms with van der Waals surface area (Å²) >= 11 is 0. The summed E-state index contributed by atoms with van der Waals surface area (Å²) in [7, 11) is 0. The summed E-state index contributed by atoms with van der Waals surface area (Å²) in [5.41, 5.74) is 5.75. The van der Waals surface area contributed by atoms with E-state index in [0.29, 0.717) is 29.0 Å². The number of hydrogen-bond donors (Lipinski definition) is 2. The number of fused-ring (bicyclic) bond motifs is 1. The first-order valence-electron chi connectivity index (χ1n) is 9.52. The van der Waals surface area contributed by atoms with Gasteiger partial charge in [-0.15, -0.1) is 0 Å². The maximum atomic E-state index is 13.8. The third-order valence-electron chi connectivity index (χ3n) is 4.78. The molecule has 2 amide bonds. The van der Waals surface area contributed by atoms with Crippen LogP contribution in [0.15, 0.2) is 41.4 Å². The lowest BCUT2D eigenvalue weighted by Crippen LogP contribution is -2.55. The van der Waals surface area contributed by atoms with Crippen molar-refractivity contribution >= 4 is 23.3 Å². The van der Waals surface area contributed by atoms with E-state index in [1.807, 2.05) is 19.1 Å². The molecule has 2 aromatic rings. The number of carbonyl (C=O) groups excluding carboxylic acids is 2. The van der Waals surface area contributed by atoms with Crippen LogP contribution in [0.5, 0.6) is 5.75 Å². The maximum absolute atomic E-state index is 13.8. The Bertz CT molecular complexity index is 1010. The fourth-order valence-corrected chi connectivity index (χ4v) is 3.28. The number of hydrogen-bond acceptors (Lipinski definition) is 6. The zero-order chi connectivity index (χ0) is 21.1. The number of anilines is 1. The van der Waals surface area contributed by atoms with Crippen molar-refractivity contribution in [3.05, 3.63) is 58.9 Å². The number of hydrazine groups is 1. The van der Waals surface area contributed by atoms with Crippen molar-refractivity contribution in [2.75, 3.05) is 24.9 Å². The van der Waals surface area contributed by atoms with E-state index < -0.39 is 5.91 Å². The van der Waals surface area contributed by atoms with E-state index in [1.165, 1.54) is 17.1 Å². The van der Waals surface area contributed by atoms with Crippen molar-refractivity contribution in [3.8, 4) is 5.75 Å². The molecule has 0 fully saturated rings. The molecule has 8 nitrogen and oxygen atoms in total. The Balaban J connectivity index is 1.38.